The monoisotopic (exact) mass is 294 g/mol. The van der Waals surface area contributed by atoms with Gasteiger partial charge in [-0.15, -0.1) is 0 Å². The summed E-state index contributed by atoms with van der Waals surface area (Å²) in [4.78, 5) is 11.4. The van der Waals surface area contributed by atoms with E-state index in [2.05, 4.69) is 0 Å². The minimum Gasteiger partial charge on any atom is -0.466 e. The molecule has 1 saturated heterocycles. The SMILES string of the molecule is CCOC(=O)C[C@H]1C[C@H](O)[C@H](COCc2ccccc2)O1. The number of carbonyl (C=O) groups excluding carboxylic acids is 1. The van der Waals surface area contributed by atoms with Crippen molar-refractivity contribution in [2.45, 2.75) is 44.7 Å². The fourth-order valence-electron chi connectivity index (χ4n) is 2.37. The molecule has 1 aromatic rings. The molecule has 5 nitrogen and oxygen atoms in total. The number of benzene rings is 1. The van der Waals surface area contributed by atoms with E-state index in [4.69, 9.17) is 14.2 Å². The molecule has 1 aromatic carbocycles. The highest BCUT2D eigenvalue weighted by Gasteiger charge is 2.35. The maximum absolute atomic E-state index is 11.4. The first kappa shape index (κ1) is 15.9. The van der Waals surface area contributed by atoms with E-state index in [1.165, 1.54) is 0 Å². The molecule has 0 spiro atoms. The number of hydrogen-bond acceptors (Lipinski definition) is 5. The second-order valence-electron chi connectivity index (χ2n) is 5.11. The average Bonchev–Trinajstić information content (AvgIpc) is 2.80. The van der Waals surface area contributed by atoms with Crippen LogP contribution >= 0.6 is 0 Å². The van der Waals surface area contributed by atoms with Crippen molar-refractivity contribution in [3.63, 3.8) is 0 Å². The molecule has 0 radical (unpaired) electrons. The van der Waals surface area contributed by atoms with Crippen molar-refractivity contribution >= 4 is 5.97 Å². The molecule has 21 heavy (non-hydrogen) atoms. The third kappa shape index (κ3) is 5.12. The zero-order chi connectivity index (χ0) is 15.1. The first-order valence-corrected chi connectivity index (χ1v) is 7.30. The van der Waals surface area contributed by atoms with Gasteiger partial charge in [0.05, 0.1) is 38.4 Å². The van der Waals surface area contributed by atoms with Gasteiger partial charge in [-0.3, -0.25) is 4.79 Å². The van der Waals surface area contributed by atoms with Gasteiger partial charge < -0.3 is 19.3 Å². The zero-order valence-corrected chi connectivity index (χ0v) is 12.2. The highest BCUT2D eigenvalue weighted by Crippen LogP contribution is 2.23. The van der Waals surface area contributed by atoms with Crippen LogP contribution < -0.4 is 0 Å². The van der Waals surface area contributed by atoms with Crippen molar-refractivity contribution in [2.75, 3.05) is 13.2 Å². The van der Waals surface area contributed by atoms with E-state index in [1.807, 2.05) is 30.3 Å². The van der Waals surface area contributed by atoms with Gasteiger partial charge in [-0.1, -0.05) is 30.3 Å². The molecule has 2 rings (SSSR count). The molecule has 3 atom stereocenters. The predicted molar refractivity (Wildman–Crippen MR) is 76.6 cm³/mol. The Balaban J connectivity index is 1.70. The minimum atomic E-state index is -0.597. The molecule has 0 unspecified atom stereocenters. The number of ether oxygens (including phenoxy) is 3. The molecule has 0 aliphatic carbocycles. The van der Waals surface area contributed by atoms with Crippen LogP contribution in [0, 0.1) is 0 Å². The van der Waals surface area contributed by atoms with Gasteiger partial charge in [-0.25, -0.2) is 0 Å². The van der Waals surface area contributed by atoms with Gasteiger partial charge in [0, 0.05) is 6.42 Å². The summed E-state index contributed by atoms with van der Waals surface area (Å²) in [6.07, 6.45) is -0.643. The number of esters is 1. The third-order valence-electron chi connectivity index (χ3n) is 3.39. The first-order valence-electron chi connectivity index (χ1n) is 7.30. The molecule has 1 N–H and O–H groups in total. The Morgan fingerprint density at radius 3 is 2.86 bits per heavy atom. The number of rotatable bonds is 7. The van der Waals surface area contributed by atoms with Crippen LogP contribution in [0.5, 0.6) is 0 Å². The summed E-state index contributed by atoms with van der Waals surface area (Å²) < 4.78 is 16.1. The molecule has 116 valence electrons. The van der Waals surface area contributed by atoms with Gasteiger partial charge >= 0.3 is 5.97 Å². The standard InChI is InChI=1S/C16H22O5/c1-2-20-16(18)9-13-8-14(17)15(21-13)11-19-10-12-6-4-3-5-7-12/h3-7,13-15,17H,2,8-11H2,1H3/t13-,14+,15+/m1/s1. The summed E-state index contributed by atoms with van der Waals surface area (Å²) in [5.41, 5.74) is 1.08. The number of aliphatic hydroxyl groups excluding tert-OH is 1. The van der Waals surface area contributed by atoms with Gasteiger partial charge in [0.15, 0.2) is 0 Å². The lowest BCUT2D eigenvalue weighted by Gasteiger charge is -2.15. The Morgan fingerprint density at radius 2 is 2.14 bits per heavy atom. The van der Waals surface area contributed by atoms with Crippen molar-refractivity contribution in [1.29, 1.82) is 0 Å². The van der Waals surface area contributed by atoms with Crippen LogP contribution in [0.1, 0.15) is 25.3 Å². The Morgan fingerprint density at radius 1 is 1.38 bits per heavy atom. The summed E-state index contributed by atoms with van der Waals surface area (Å²) >= 11 is 0. The van der Waals surface area contributed by atoms with Crippen LogP contribution in [0.4, 0.5) is 0 Å². The average molecular weight is 294 g/mol. The summed E-state index contributed by atoms with van der Waals surface area (Å²) in [7, 11) is 0. The summed E-state index contributed by atoms with van der Waals surface area (Å²) in [6.45, 7) is 2.92. The van der Waals surface area contributed by atoms with Crippen molar-refractivity contribution in [3.8, 4) is 0 Å². The van der Waals surface area contributed by atoms with E-state index in [0.717, 1.165) is 5.56 Å². The lowest BCUT2D eigenvalue weighted by atomic mass is 10.1. The second-order valence-corrected chi connectivity index (χ2v) is 5.11. The van der Waals surface area contributed by atoms with Crippen LogP contribution in [-0.4, -0.2) is 42.6 Å². The maximum Gasteiger partial charge on any atom is 0.308 e. The molecular formula is C16H22O5. The van der Waals surface area contributed by atoms with Crippen molar-refractivity contribution < 1.29 is 24.1 Å². The topological polar surface area (TPSA) is 65.0 Å². The molecule has 0 bridgehead atoms. The number of carbonyl (C=O) groups is 1. The van der Waals surface area contributed by atoms with E-state index < -0.39 is 6.10 Å². The fraction of sp³-hybridized carbons (Fsp3) is 0.562. The van der Waals surface area contributed by atoms with Gasteiger partial charge in [0.1, 0.15) is 6.10 Å². The van der Waals surface area contributed by atoms with Crippen LogP contribution in [0.3, 0.4) is 0 Å². The zero-order valence-electron chi connectivity index (χ0n) is 12.2. The second kappa shape index (κ2) is 8.12. The van der Waals surface area contributed by atoms with E-state index >= 15 is 0 Å². The molecule has 0 aromatic heterocycles. The lowest BCUT2D eigenvalue weighted by molar-refractivity contribution is -0.146. The smallest absolute Gasteiger partial charge is 0.308 e. The molecule has 1 aliphatic heterocycles. The molecule has 1 heterocycles. The van der Waals surface area contributed by atoms with Gasteiger partial charge in [0.2, 0.25) is 0 Å². The Hall–Kier alpha value is -1.43. The van der Waals surface area contributed by atoms with E-state index in [0.29, 0.717) is 26.2 Å². The molecule has 1 fully saturated rings. The highest BCUT2D eigenvalue weighted by atomic mass is 16.6. The quantitative estimate of drug-likeness (QED) is 0.775. The predicted octanol–water partition coefficient (Wildman–Crippen LogP) is 1.67. The first-order chi connectivity index (χ1) is 10.2. The summed E-state index contributed by atoms with van der Waals surface area (Å²) in [5.74, 6) is -0.291. The minimum absolute atomic E-state index is 0.181. The fourth-order valence-corrected chi connectivity index (χ4v) is 2.37. The van der Waals surface area contributed by atoms with Crippen molar-refractivity contribution in [2.24, 2.45) is 0 Å². The van der Waals surface area contributed by atoms with Crippen LogP contribution in [0.25, 0.3) is 0 Å². The Bertz CT molecular complexity index is 434. The molecule has 5 heteroatoms. The number of hydrogen-bond donors (Lipinski definition) is 1. The van der Waals surface area contributed by atoms with E-state index in [-0.39, 0.29) is 24.6 Å². The molecule has 1 aliphatic rings. The Kier molecular flexibility index (Phi) is 6.17. The molecular weight excluding hydrogens is 272 g/mol. The Labute approximate surface area is 124 Å². The number of aliphatic hydroxyl groups is 1. The lowest BCUT2D eigenvalue weighted by Crippen LogP contribution is -2.26. The normalized spacial score (nSPS) is 25.0. The van der Waals surface area contributed by atoms with E-state index in [1.54, 1.807) is 6.92 Å². The van der Waals surface area contributed by atoms with Crippen LogP contribution in [0.2, 0.25) is 0 Å². The van der Waals surface area contributed by atoms with Crippen LogP contribution in [0.15, 0.2) is 30.3 Å². The van der Waals surface area contributed by atoms with Gasteiger partial charge in [0.25, 0.3) is 0 Å². The highest BCUT2D eigenvalue weighted by molar-refractivity contribution is 5.70. The maximum atomic E-state index is 11.4. The molecule has 0 saturated carbocycles. The summed E-state index contributed by atoms with van der Waals surface area (Å²) in [6, 6.07) is 9.82. The largest absolute Gasteiger partial charge is 0.466 e. The van der Waals surface area contributed by atoms with E-state index in [9.17, 15) is 9.90 Å². The van der Waals surface area contributed by atoms with Gasteiger partial charge in [-0.05, 0) is 12.5 Å². The van der Waals surface area contributed by atoms with Crippen molar-refractivity contribution in [1.82, 2.24) is 0 Å². The molecule has 0 amide bonds. The third-order valence-corrected chi connectivity index (χ3v) is 3.39. The van der Waals surface area contributed by atoms with Crippen molar-refractivity contribution in [3.05, 3.63) is 35.9 Å². The van der Waals surface area contributed by atoms with Gasteiger partial charge in [-0.2, -0.15) is 0 Å². The van der Waals surface area contributed by atoms with Crippen LogP contribution in [-0.2, 0) is 25.6 Å². The summed E-state index contributed by atoms with van der Waals surface area (Å²) in [5, 5.41) is 9.94.